The minimum Gasteiger partial charge on any atom is -0.342 e. The van der Waals surface area contributed by atoms with Crippen LogP contribution in [0.4, 0.5) is 10.1 Å². The van der Waals surface area contributed by atoms with Crippen LogP contribution in [0, 0.1) is 18.7 Å². The van der Waals surface area contributed by atoms with Gasteiger partial charge in [-0.05, 0) is 80.5 Å². The molecule has 3 fully saturated rings. The maximum absolute atomic E-state index is 12.8. The zero-order valence-corrected chi connectivity index (χ0v) is 21.7. The number of amides is 2. The summed E-state index contributed by atoms with van der Waals surface area (Å²) < 4.78 is 16.3. The van der Waals surface area contributed by atoms with Crippen LogP contribution in [-0.4, -0.2) is 28.9 Å². The van der Waals surface area contributed by atoms with Crippen molar-refractivity contribution >= 4 is 29.4 Å². The number of pyridine rings is 1. The summed E-state index contributed by atoms with van der Waals surface area (Å²) in [5.41, 5.74) is 2.40. The number of hydrogen-bond donors (Lipinski definition) is 3. The van der Waals surface area contributed by atoms with Crippen molar-refractivity contribution in [3.63, 3.8) is 0 Å². The third kappa shape index (κ3) is 7.90. The van der Waals surface area contributed by atoms with E-state index in [0.29, 0.717) is 11.2 Å². The molecule has 3 aromatic rings. The quantitative estimate of drug-likeness (QED) is 0.354. The molecule has 8 heteroatoms. The minimum absolute atomic E-state index is 0.0572. The molecule has 3 saturated carbocycles. The van der Waals surface area contributed by atoms with Crippen molar-refractivity contribution in [3.8, 4) is 0 Å². The van der Waals surface area contributed by atoms with Gasteiger partial charge < -0.3 is 10.6 Å². The van der Waals surface area contributed by atoms with E-state index in [1.165, 1.54) is 30.9 Å². The molecule has 0 radical (unpaired) electrons. The number of aryl methyl sites for hydroxylation is 1. The van der Waals surface area contributed by atoms with Crippen molar-refractivity contribution in [2.45, 2.75) is 50.5 Å². The SMILES string of the molecule is CC.Cc1ccccc1.O=C(CNC(=O)c1ccc(F)cn1)Nc1ccc(SNC23CC(C2)C3)cc1. The second-order valence-corrected chi connectivity index (χ2v) is 9.61. The highest BCUT2D eigenvalue weighted by Gasteiger charge is 2.56. The fourth-order valence-electron chi connectivity index (χ4n) is 3.88. The molecule has 0 unspecified atom stereocenters. The average molecular weight is 509 g/mol. The summed E-state index contributed by atoms with van der Waals surface area (Å²) in [4.78, 5) is 28.6. The van der Waals surface area contributed by atoms with E-state index in [0.717, 1.165) is 23.1 Å². The van der Waals surface area contributed by atoms with Crippen molar-refractivity contribution in [2.75, 3.05) is 11.9 Å². The number of nitrogens with zero attached hydrogens (tertiary/aromatic N) is 1. The summed E-state index contributed by atoms with van der Waals surface area (Å²) in [5.74, 6) is -0.463. The molecule has 2 aromatic carbocycles. The second-order valence-electron chi connectivity index (χ2n) is 8.73. The molecule has 3 N–H and O–H groups in total. The molecule has 1 heterocycles. The second kappa shape index (κ2) is 13.2. The summed E-state index contributed by atoms with van der Waals surface area (Å²) in [6.45, 7) is 5.89. The number of aromatic nitrogens is 1. The molecule has 3 aliphatic rings. The lowest BCUT2D eigenvalue weighted by Crippen LogP contribution is -2.64. The van der Waals surface area contributed by atoms with E-state index in [1.807, 2.05) is 56.3 Å². The zero-order valence-electron chi connectivity index (χ0n) is 20.9. The van der Waals surface area contributed by atoms with Gasteiger partial charge in [-0.2, -0.15) is 0 Å². The highest BCUT2D eigenvalue weighted by molar-refractivity contribution is 7.97. The Bertz CT molecular complexity index is 1110. The largest absolute Gasteiger partial charge is 0.342 e. The van der Waals surface area contributed by atoms with E-state index in [2.05, 4.69) is 39.4 Å². The van der Waals surface area contributed by atoms with Crippen molar-refractivity contribution in [2.24, 2.45) is 5.92 Å². The van der Waals surface area contributed by atoms with Gasteiger partial charge in [0, 0.05) is 16.1 Å². The Kier molecular flexibility index (Phi) is 10.0. The van der Waals surface area contributed by atoms with Crippen molar-refractivity contribution in [3.05, 3.63) is 90.0 Å². The Hall–Kier alpha value is -3.23. The van der Waals surface area contributed by atoms with Crippen molar-refractivity contribution < 1.29 is 14.0 Å². The van der Waals surface area contributed by atoms with Crippen molar-refractivity contribution in [1.82, 2.24) is 15.0 Å². The number of rotatable bonds is 7. The summed E-state index contributed by atoms with van der Waals surface area (Å²) >= 11 is 1.63. The van der Waals surface area contributed by atoms with E-state index in [4.69, 9.17) is 0 Å². The summed E-state index contributed by atoms with van der Waals surface area (Å²) in [5, 5.41) is 5.18. The number of carbonyl (C=O) groups excluding carboxylic acids is 2. The van der Waals surface area contributed by atoms with Crippen LogP contribution >= 0.6 is 11.9 Å². The molecule has 0 aliphatic heterocycles. The fraction of sp³-hybridized carbons (Fsp3) is 0.321. The predicted molar refractivity (Wildman–Crippen MR) is 143 cm³/mol. The molecule has 6 nitrogen and oxygen atoms in total. The maximum Gasteiger partial charge on any atom is 0.270 e. The minimum atomic E-state index is -0.531. The molecule has 2 amide bonds. The van der Waals surface area contributed by atoms with Gasteiger partial charge in [0.05, 0.1) is 12.7 Å². The van der Waals surface area contributed by atoms with Crippen LogP contribution in [-0.2, 0) is 4.79 Å². The Balaban J connectivity index is 0.000000342. The van der Waals surface area contributed by atoms with Crippen LogP contribution in [0.1, 0.15) is 49.2 Å². The van der Waals surface area contributed by atoms with Gasteiger partial charge in [-0.25, -0.2) is 9.37 Å². The normalized spacial score (nSPS) is 18.6. The van der Waals surface area contributed by atoms with E-state index in [1.54, 1.807) is 11.9 Å². The van der Waals surface area contributed by atoms with Gasteiger partial charge in [0.1, 0.15) is 11.5 Å². The molecule has 0 saturated heterocycles. The van der Waals surface area contributed by atoms with Crippen LogP contribution in [0.3, 0.4) is 0 Å². The molecular formula is C28H33FN4O2S. The maximum atomic E-state index is 12.8. The molecular weight excluding hydrogens is 475 g/mol. The first kappa shape index (κ1) is 27.4. The Morgan fingerprint density at radius 1 is 1.00 bits per heavy atom. The van der Waals surface area contributed by atoms with Crippen LogP contribution in [0.15, 0.2) is 77.8 Å². The van der Waals surface area contributed by atoms with Gasteiger partial charge in [-0.3, -0.25) is 14.3 Å². The number of benzene rings is 2. The smallest absolute Gasteiger partial charge is 0.270 e. The van der Waals surface area contributed by atoms with Gasteiger partial charge in [0.25, 0.3) is 5.91 Å². The third-order valence-corrected chi connectivity index (χ3v) is 6.91. The lowest BCUT2D eigenvalue weighted by Gasteiger charge is -2.61. The molecule has 3 aliphatic carbocycles. The lowest BCUT2D eigenvalue weighted by molar-refractivity contribution is -0.115. The van der Waals surface area contributed by atoms with Gasteiger partial charge in [-0.1, -0.05) is 49.7 Å². The summed E-state index contributed by atoms with van der Waals surface area (Å²) in [7, 11) is 0. The topological polar surface area (TPSA) is 83.1 Å². The Morgan fingerprint density at radius 2 is 1.67 bits per heavy atom. The molecule has 2 bridgehead atoms. The molecule has 6 rings (SSSR count). The zero-order chi connectivity index (χ0) is 26.0. The predicted octanol–water partition coefficient (Wildman–Crippen LogP) is 5.76. The standard InChI is InChI=1S/C19H19FN4O2S.C7H8.C2H6/c20-13-1-6-16(21-10-13)18(26)22-11-17(25)23-14-2-4-15(5-3-14)27-24-19-7-12(8-19)9-19;1-7-5-3-2-4-6-7;1-2/h1-6,10,12,24H,7-9,11H2,(H,22,26)(H,23,25);2-6H,1H3;1-2H3. The van der Waals surface area contributed by atoms with E-state index in [9.17, 15) is 14.0 Å². The summed E-state index contributed by atoms with van der Waals surface area (Å²) in [6, 6.07) is 20.2. The molecule has 0 spiro atoms. The third-order valence-electron chi connectivity index (χ3n) is 5.87. The fourth-order valence-corrected chi connectivity index (χ4v) is 4.73. The van der Waals surface area contributed by atoms with Crippen LogP contribution < -0.4 is 15.4 Å². The van der Waals surface area contributed by atoms with E-state index < -0.39 is 11.7 Å². The number of nitrogens with one attached hydrogen (secondary N) is 3. The monoisotopic (exact) mass is 508 g/mol. The van der Waals surface area contributed by atoms with Gasteiger partial charge in [-0.15, -0.1) is 0 Å². The van der Waals surface area contributed by atoms with Crippen LogP contribution in [0.25, 0.3) is 0 Å². The first-order valence-corrected chi connectivity index (χ1v) is 13.0. The summed E-state index contributed by atoms with van der Waals surface area (Å²) in [6.07, 6.45) is 4.81. The van der Waals surface area contributed by atoms with E-state index in [-0.39, 0.29) is 18.1 Å². The van der Waals surface area contributed by atoms with Crippen LogP contribution in [0.5, 0.6) is 0 Å². The first-order chi connectivity index (χ1) is 17.4. The van der Waals surface area contributed by atoms with E-state index >= 15 is 0 Å². The Morgan fingerprint density at radius 3 is 2.17 bits per heavy atom. The van der Waals surface area contributed by atoms with Gasteiger partial charge in [0.15, 0.2) is 0 Å². The molecule has 190 valence electrons. The Labute approximate surface area is 216 Å². The molecule has 36 heavy (non-hydrogen) atoms. The number of anilines is 1. The number of halogens is 1. The lowest BCUT2D eigenvalue weighted by atomic mass is 9.50. The van der Waals surface area contributed by atoms with Crippen molar-refractivity contribution in [1.29, 1.82) is 0 Å². The highest BCUT2D eigenvalue weighted by atomic mass is 32.2. The average Bonchev–Trinajstić information content (AvgIpc) is 2.84. The highest BCUT2D eigenvalue weighted by Crippen LogP contribution is 2.57. The number of hydrogen-bond acceptors (Lipinski definition) is 5. The van der Waals surface area contributed by atoms with Gasteiger partial charge in [0.2, 0.25) is 5.91 Å². The first-order valence-electron chi connectivity index (χ1n) is 12.2. The van der Waals surface area contributed by atoms with Gasteiger partial charge >= 0.3 is 0 Å². The number of carbonyl (C=O) groups is 2. The molecule has 1 aromatic heterocycles. The van der Waals surface area contributed by atoms with Crippen LogP contribution in [0.2, 0.25) is 0 Å². The molecule has 0 atom stereocenters.